The number of carboxylic acids is 1. The molecule has 0 aliphatic rings. The number of aliphatic carboxylic acids is 1. The Morgan fingerprint density at radius 3 is 2.62 bits per heavy atom. The Hall–Kier alpha value is -2.33. The molecule has 0 radical (unpaired) electrons. The summed E-state index contributed by atoms with van der Waals surface area (Å²) in [5, 5.41) is 7.67. The number of carbonyl (C=O) groups excluding carboxylic acids is 3. The van der Waals surface area contributed by atoms with Crippen LogP contribution in [0.5, 0.6) is 0 Å². The van der Waals surface area contributed by atoms with Crippen LogP contribution in [0.25, 0.3) is 0 Å². The number of esters is 2. The Balaban J connectivity index is 2.54. The van der Waals surface area contributed by atoms with E-state index >= 15 is 0 Å². The highest BCUT2D eigenvalue weighted by Gasteiger charge is 2.29. The lowest BCUT2D eigenvalue weighted by molar-refractivity contribution is -0.155. The first-order valence-corrected chi connectivity index (χ1v) is 7.80. The van der Waals surface area contributed by atoms with E-state index in [0.29, 0.717) is 5.76 Å². The Kier molecular flexibility index (Phi) is 7.99. The van der Waals surface area contributed by atoms with Gasteiger partial charge in [-0.15, -0.1) is 11.8 Å². The van der Waals surface area contributed by atoms with E-state index in [-0.39, 0.29) is 12.4 Å². The van der Waals surface area contributed by atoms with E-state index in [1.807, 2.05) is 0 Å². The van der Waals surface area contributed by atoms with Crippen molar-refractivity contribution in [3.63, 3.8) is 0 Å². The van der Waals surface area contributed by atoms with Gasteiger partial charge < -0.3 is 24.7 Å². The van der Waals surface area contributed by atoms with E-state index in [9.17, 15) is 19.2 Å². The minimum atomic E-state index is -1.24. The maximum absolute atomic E-state index is 11.8. The first kappa shape index (κ1) is 19.7. The van der Waals surface area contributed by atoms with Crippen LogP contribution in [-0.4, -0.2) is 53.0 Å². The van der Waals surface area contributed by atoms with E-state index in [1.165, 1.54) is 6.26 Å². The van der Waals surface area contributed by atoms with Gasteiger partial charge in [-0.1, -0.05) is 0 Å². The highest BCUT2D eigenvalue weighted by Crippen LogP contribution is 2.18. The molecule has 0 aromatic carbocycles. The molecule has 132 valence electrons. The summed E-state index contributed by atoms with van der Waals surface area (Å²) in [6.45, 7) is -0.211. The highest BCUT2D eigenvalue weighted by molar-refractivity contribution is 8.00. The van der Waals surface area contributed by atoms with Gasteiger partial charge in [0.25, 0.3) is 0 Å². The second-order valence-corrected chi connectivity index (χ2v) is 5.81. The lowest BCUT2D eigenvalue weighted by atomic mass is 10.2. The van der Waals surface area contributed by atoms with Crippen molar-refractivity contribution < 1.29 is 38.2 Å². The van der Waals surface area contributed by atoms with Crippen molar-refractivity contribution in [3.8, 4) is 0 Å². The normalized spacial score (nSPS) is 12.9. The molecule has 0 fully saturated rings. The maximum atomic E-state index is 11.8. The molecule has 0 saturated heterocycles. The molecule has 0 saturated carbocycles. The molecule has 0 aliphatic heterocycles. The number of nitrogens with two attached hydrogens (primary N) is 1. The van der Waals surface area contributed by atoms with Crippen LogP contribution in [0.2, 0.25) is 0 Å². The largest absolute Gasteiger partial charge is 0.480 e. The van der Waals surface area contributed by atoms with E-state index in [4.69, 9.17) is 20.0 Å². The average molecular weight is 359 g/mol. The zero-order valence-electron chi connectivity index (χ0n) is 12.8. The standard InChI is InChI=1S/C14H17NO8S/c1-21-14(20)11(24-7-9(15)12(17)18)5-10(16)13(19)23-6-8-3-2-4-22-8/h2-4,9,11H,5-7,15H2,1H3,(H,17,18)/t9-,11?/m0/s1. The van der Waals surface area contributed by atoms with Gasteiger partial charge in [0.2, 0.25) is 5.78 Å². The summed E-state index contributed by atoms with van der Waals surface area (Å²) in [4.78, 5) is 45.8. The van der Waals surface area contributed by atoms with E-state index < -0.39 is 41.4 Å². The molecule has 1 aromatic heterocycles. The lowest BCUT2D eigenvalue weighted by Crippen LogP contribution is -2.35. The molecule has 0 spiro atoms. The summed E-state index contributed by atoms with van der Waals surface area (Å²) < 4.78 is 14.3. The van der Waals surface area contributed by atoms with Gasteiger partial charge in [0, 0.05) is 12.2 Å². The molecule has 24 heavy (non-hydrogen) atoms. The van der Waals surface area contributed by atoms with Gasteiger partial charge in [-0.25, -0.2) is 4.79 Å². The third kappa shape index (κ3) is 6.42. The van der Waals surface area contributed by atoms with E-state index in [2.05, 4.69) is 4.74 Å². The van der Waals surface area contributed by atoms with Crippen LogP contribution in [-0.2, 0) is 35.3 Å². The van der Waals surface area contributed by atoms with Crippen LogP contribution in [0.3, 0.4) is 0 Å². The SMILES string of the molecule is COC(=O)C(CC(=O)C(=O)OCc1ccco1)SC[C@H](N)C(=O)O. The van der Waals surface area contributed by atoms with E-state index in [0.717, 1.165) is 18.9 Å². The molecule has 1 unspecified atom stereocenters. The number of Topliss-reactive ketones (excluding diaryl/α,β-unsaturated/α-hetero) is 1. The van der Waals surface area contributed by atoms with Crippen LogP contribution < -0.4 is 5.73 Å². The predicted octanol–water partition coefficient (Wildman–Crippen LogP) is -0.0313. The summed E-state index contributed by atoms with van der Waals surface area (Å²) >= 11 is 0.825. The molecule has 0 aliphatic carbocycles. The number of carbonyl (C=O) groups is 4. The van der Waals surface area contributed by atoms with E-state index in [1.54, 1.807) is 12.1 Å². The number of thioether (sulfide) groups is 1. The van der Waals surface area contributed by atoms with Gasteiger partial charge in [-0.2, -0.15) is 0 Å². The maximum Gasteiger partial charge on any atom is 0.375 e. The number of hydrogen-bond donors (Lipinski definition) is 2. The van der Waals surface area contributed by atoms with Crippen LogP contribution in [0, 0.1) is 0 Å². The summed E-state index contributed by atoms with van der Waals surface area (Å²) in [6.07, 6.45) is 0.904. The van der Waals surface area contributed by atoms with Crippen molar-refractivity contribution in [1.29, 1.82) is 0 Å². The van der Waals surface area contributed by atoms with Gasteiger partial charge in [0.05, 0.1) is 13.4 Å². The Morgan fingerprint density at radius 2 is 2.08 bits per heavy atom. The number of ether oxygens (including phenoxy) is 2. The third-order valence-electron chi connectivity index (χ3n) is 2.78. The summed E-state index contributed by atoms with van der Waals surface area (Å²) in [5.74, 6) is -3.82. The molecule has 1 rings (SSSR count). The van der Waals surface area contributed by atoms with Crippen LogP contribution >= 0.6 is 11.8 Å². The molecule has 3 N–H and O–H groups in total. The summed E-state index contributed by atoms with van der Waals surface area (Å²) in [7, 11) is 1.12. The van der Waals surface area contributed by atoms with Gasteiger partial charge >= 0.3 is 17.9 Å². The first-order chi connectivity index (χ1) is 11.3. The zero-order valence-corrected chi connectivity index (χ0v) is 13.6. The minimum absolute atomic E-state index is 0.121. The fourth-order valence-electron chi connectivity index (χ4n) is 1.50. The fraction of sp³-hybridized carbons (Fsp3) is 0.429. The van der Waals surface area contributed by atoms with Gasteiger partial charge in [0.15, 0.2) is 0 Å². The van der Waals surface area contributed by atoms with Crippen molar-refractivity contribution in [2.45, 2.75) is 24.3 Å². The summed E-state index contributed by atoms with van der Waals surface area (Å²) in [5.41, 5.74) is 5.34. The van der Waals surface area contributed by atoms with Crippen molar-refractivity contribution in [3.05, 3.63) is 24.2 Å². The minimum Gasteiger partial charge on any atom is -0.480 e. The predicted molar refractivity (Wildman–Crippen MR) is 82.0 cm³/mol. The topological polar surface area (TPSA) is 146 Å². The second-order valence-electron chi connectivity index (χ2n) is 4.57. The van der Waals surface area contributed by atoms with Crippen molar-refractivity contribution in [1.82, 2.24) is 0 Å². The number of carboxylic acid groups (broad SMARTS) is 1. The number of ketones is 1. The number of methoxy groups -OCH3 is 1. The van der Waals surface area contributed by atoms with Crippen molar-refractivity contribution >= 4 is 35.5 Å². The van der Waals surface area contributed by atoms with Crippen molar-refractivity contribution in [2.75, 3.05) is 12.9 Å². The average Bonchev–Trinajstić information content (AvgIpc) is 3.08. The van der Waals surface area contributed by atoms with Gasteiger partial charge in [-0.05, 0) is 12.1 Å². The number of hydrogen-bond acceptors (Lipinski definition) is 9. The van der Waals surface area contributed by atoms with Crippen LogP contribution in [0.15, 0.2) is 22.8 Å². The zero-order chi connectivity index (χ0) is 18.1. The molecular weight excluding hydrogens is 342 g/mol. The van der Waals surface area contributed by atoms with Crippen molar-refractivity contribution in [2.24, 2.45) is 5.73 Å². The lowest BCUT2D eigenvalue weighted by Gasteiger charge is -2.14. The Labute approximate surface area is 141 Å². The second kappa shape index (κ2) is 9.73. The Morgan fingerprint density at radius 1 is 1.38 bits per heavy atom. The van der Waals surface area contributed by atoms with Crippen LogP contribution in [0.1, 0.15) is 12.2 Å². The molecule has 2 atom stereocenters. The summed E-state index contributed by atoms with van der Waals surface area (Å²) in [6, 6.07) is 1.96. The number of furan rings is 1. The molecular formula is C14H17NO8S. The number of rotatable bonds is 10. The Bertz CT molecular complexity index is 586. The quantitative estimate of drug-likeness (QED) is 0.431. The molecule has 10 heteroatoms. The molecule has 0 amide bonds. The highest BCUT2D eigenvalue weighted by atomic mass is 32.2. The first-order valence-electron chi connectivity index (χ1n) is 6.75. The molecule has 9 nitrogen and oxygen atoms in total. The van der Waals surface area contributed by atoms with Gasteiger partial charge in [0.1, 0.15) is 23.7 Å². The smallest absolute Gasteiger partial charge is 0.375 e. The van der Waals surface area contributed by atoms with Crippen LogP contribution in [0.4, 0.5) is 0 Å². The third-order valence-corrected chi connectivity index (χ3v) is 4.10. The molecule has 1 aromatic rings. The monoisotopic (exact) mass is 359 g/mol. The molecule has 1 heterocycles. The molecule has 0 bridgehead atoms. The van der Waals surface area contributed by atoms with Gasteiger partial charge in [-0.3, -0.25) is 14.4 Å². The fourth-order valence-corrected chi connectivity index (χ4v) is 2.58.